The minimum atomic E-state index is -0.499. The Hall–Kier alpha value is -2.06. The van der Waals surface area contributed by atoms with Crippen LogP contribution < -0.4 is 10.6 Å². The van der Waals surface area contributed by atoms with Gasteiger partial charge < -0.3 is 9.88 Å². The van der Waals surface area contributed by atoms with Crippen LogP contribution >= 0.6 is 23.4 Å². The van der Waals surface area contributed by atoms with E-state index in [9.17, 15) is 9.59 Å². The number of carbonyl (C=O) groups is 2. The second-order valence-electron chi connectivity index (χ2n) is 6.55. The Labute approximate surface area is 167 Å². The van der Waals surface area contributed by atoms with Gasteiger partial charge in [0, 0.05) is 18.7 Å². The first-order valence-corrected chi connectivity index (χ1v) is 10.1. The Morgan fingerprint density at radius 3 is 2.67 bits per heavy atom. The summed E-state index contributed by atoms with van der Waals surface area (Å²) in [5.74, 6) is 0.257. The number of urea groups is 1. The fourth-order valence-electron chi connectivity index (χ4n) is 3.01. The standard InChI is InChI=1S/C18H22ClN5O2S/c1-11(16(25)21-17(26)20-12-7-3-4-8-12)27-18-23-22-15(24(18)2)13-9-5-6-10-14(13)19/h5-6,9-12H,3-4,7-8H2,1-2H3,(H2,20,21,25,26)/t11-/m0/s1. The fourth-order valence-corrected chi connectivity index (χ4v) is 4.05. The molecule has 3 amide bonds. The van der Waals surface area contributed by atoms with Crippen LogP contribution in [0.5, 0.6) is 0 Å². The SMILES string of the molecule is C[C@H](Sc1nnc(-c2ccccc2Cl)n1C)C(=O)NC(=O)NC1CCCC1. The third-order valence-electron chi connectivity index (χ3n) is 4.53. The van der Waals surface area contributed by atoms with Gasteiger partial charge in [-0.25, -0.2) is 4.79 Å². The molecule has 0 spiro atoms. The van der Waals surface area contributed by atoms with Gasteiger partial charge in [-0.05, 0) is 31.9 Å². The number of benzene rings is 1. The van der Waals surface area contributed by atoms with Crippen molar-refractivity contribution in [3.05, 3.63) is 29.3 Å². The maximum absolute atomic E-state index is 12.3. The molecular formula is C18H22ClN5O2S. The number of hydrogen-bond donors (Lipinski definition) is 2. The summed E-state index contributed by atoms with van der Waals surface area (Å²) in [6.45, 7) is 1.73. The van der Waals surface area contributed by atoms with E-state index in [4.69, 9.17) is 11.6 Å². The van der Waals surface area contributed by atoms with Gasteiger partial charge in [0.2, 0.25) is 5.91 Å². The topological polar surface area (TPSA) is 88.9 Å². The number of rotatable bonds is 5. The zero-order chi connectivity index (χ0) is 19.4. The number of carbonyl (C=O) groups excluding carboxylic acids is 2. The van der Waals surface area contributed by atoms with Crippen molar-refractivity contribution >= 4 is 35.3 Å². The zero-order valence-corrected chi connectivity index (χ0v) is 16.8. The number of aromatic nitrogens is 3. The van der Waals surface area contributed by atoms with Gasteiger partial charge in [0.05, 0.1) is 10.3 Å². The summed E-state index contributed by atoms with van der Waals surface area (Å²) in [7, 11) is 1.82. The minimum absolute atomic E-state index is 0.165. The molecule has 2 aromatic rings. The van der Waals surface area contributed by atoms with Crippen LogP contribution in [0.4, 0.5) is 4.79 Å². The average molecular weight is 408 g/mol. The highest BCUT2D eigenvalue weighted by molar-refractivity contribution is 8.00. The van der Waals surface area contributed by atoms with E-state index < -0.39 is 11.3 Å². The summed E-state index contributed by atoms with van der Waals surface area (Å²) >= 11 is 7.47. The molecule has 3 rings (SSSR count). The Bertz CT molecular complexity index is 835. The number of nitrogens with one attached hydrogen (secondary N) is 2. The Morgan fingerprint density at radius 2 is 1.96 bits per heavy atom. The quantitative estimate of drug-likeness (QED) is 0.741. The molecule has 0 saturated heterocycles. The van der Waals surface area contributed by atoms with Crippen molar-refractivity contribution < 1.29 is 9.59 Å². The Morgan fingerprint density at radius 1 is 1.26 bits per heavy atom. The maximum Gasteiger partial charge on any atom is 0.321 e. The van der Waals surface area contributed by atoms with Crippen LogP contribution in [0.1, 0.15) is 32.6 Å². The smallest absolute Gasteiger partial charge is 0.321 e. The molecule has 144 valence electrons. The molecule has 1 aromatic carbocycles. The first-order valence-electron chi connectivity index (χ1n) is 8.88. The van der Waals surface area contributed by atoms with Crippen LogP contribution in [0.15, 0.2) is 29.4 Å². The third-order valence-corrected chi connectivity index (χ3v) is 5.99. The van der Waals surface area contributed by atoms with E-state index >= 15 is 0 Å². The van der Waals surface area contributed by atoms with E-state index in [1.165, 1.54) is 11.8 Å². The van der Waals surface area contributed by atoms with Gasteiger partial charge in [0.15, 0.2) is 11.0 Å². The van der Waals surface area contributed by atoms with Crippen LogP contribution in [0.25, 0.3) is 11.4 Å². The molecule has 1 atom stereocenters. The number of thioether (sulfide) groups is 1. The molecule has 1 heterocycles. The van der Waals surface area contributed by atoms with Crippen molar-refractivity contribution in [1.82, 2.24) is 25.4 Å². The van der Waals surface area contributed by atoms with E-state index in [-0.39, 0.29) is 11.9 Å². The van der Waals surface area contributed by atoms with Crippen LogP contribution in [-0.2, 0) is 11.8 Å². The minimum Gasteiger partial charge on any atom is -0.335 e. The molecule has 0 bridgehead atoms. The van der Waals surface area contributed by atoms with Crippen LogP contribution in [0.3, 0.4) is 0 Å². The van der Waals surface area contributed by atoms with Crippen molar-refractivity contribution in [1.29, 1.82) is 0 Å². The van der Waals surface area contributed by atoms with Crippen LogP contribution in [0.2, 0.25) is 5.02 Å². The largest absolute Gasteiger partial charge is 0.335 e. The molecule has 1 saturated carbocycles. The van der Waals surface area contributed by atoms with E-state index in [1.807, 2.05) is 25.2 Å². The molecular weight excluding hydrogens is 386 g/mol. The molecule has 1 aliphatic carbocycles. The summed E-state index contributed by atoms with van der Waals surface area (Å²) in [5.41, 5.74) is 0.772. The zero-order valence-electron chi connectivity index (χ0n) is 15.2. The normalized spacial score (nSPS) is 15.5. The van der Waals surface area contributed by atoms with E-state index in [0.29, 0.717) is 16.0 Å². The molecule has 1 aliphatic rings. The third kappa shape index (κ3) is 4.81. The lowest BCUT2D eigenvalue weighted by Crippen LogP contribution is -2.45. The van der Waals surface area contributed by atoms with Gasteiger partial charge in [-0.2, -0.15) is 0 Å². The summed E-state index contributed by atoms with van der Waals surface area (Å²) < 4.78 is 1.79. The van der Waals surface area contributed by atoms with Crippen molar-refractivity contribution in [2.45, 2.75) is 49.1 Å². The molecule has 0 radical (unpaired) electrons. The number of nitrogens with zero attached hydrogens (tertiary/aromatic N) is 3. The van der Waals surface area contributed by atoms with Gasteiger partial charge in [-0.1, -0.05) is 48.3 Å². The molecule has 1 aromatic heterocycles. The summed E-state index contributed by atoms with van der Waals surface area (Å²) in [6, 6.07) is 7.11. The molecule has 0 aliphatic heterocycles. The predicted molar refractivity (Wildman–Crippen MR) is 106 cm³/mol. The molecule has 9 heteroatoms. The van der Waals surface area contributed by atoms with Crippen molar-refractivity contribution in [3.63, 3.8) is 0 Å². The lowest BCUT2D eigenvalue weighted by atomic mass is 10.2. The number of imide groups is 1. The number of halogens is 1. The van der Waals surface area contributed by atoms with Gasteiger partial charge in [0.1, 0.15) is 0 Å². The van der Waals surface area contributed by atoms with E-state index in [2.05, 4.69) is 20.8 Å². The van der Waals surface area contributed by atoms with Gasteiger partial charge in [-0.3, -0.25) is 10.1 Å². The monoisotopic (exact) mass is 407 g/mol. The van der Waals surface area contributed by atoms with E-state index in [1.54, 1.807) is 17.6 Å². The summed E-state index contributed by atoms with van der Waals surface area (Å²) in [5, 5.41) is 14.2. The maximum atomic E-state index is 12.3. The van der Waals surface area contributed by atoms with Gasteiger partial charge >= 0.3 is 6.03 Å². The van der Waals surface area contributed by atoms with Crippen LogP contribution in [-0.4, -0.2) is 38.0 Å². The highest BCUT2D eigenvalue weighted by Gasteiger charge is 2.23. The predicted octanol–water partition coefficient (Wildman–Crippen LogP) is 3.38. The second kappa shape index (κ2) is 8.75. The lowest BCUT2D eigenvalue weighted by molar-refractivity contribution is -0.119. The molecule has 7 nitrogen and oxygen atoms in total. The molecule has 2 N–H and O–H groups in total. The summed E-state index contributed by atoms with van der Waals surface area (Å²) in [4.78, 5) is 24.3. The summed E-state index contributed by atoms with van der Waals surface area (Å²) in [6.07, 6.45) is 4.17. The Balaban J connectivity index is 1.60. The molecule has 27 heavy (non-hydrogen) atoms. The fraction of sp³-hybridized carbons (Fsp3) is 0.444. The van der Waals surface area contributed by atoms with Gasteiger partial charge in [-0.15, -0.1) is 10.2 Å². The first kappa shape index (κ1) is 19.7. The Kier molecular flexibility index (Phi) is 6.38. The number of amides is 3. The van der Waals surface area contributed by atoms with Crippen LogP contribution in [0, 0.1) is 0 Å². The highest BCUT2D eigenvalue weighted by Crippen LogP contribution is 2.29. The van der Waals surface area contributed by atoms with Crippen molar-refractivity contribution in [2.75, 3.05) is 0 Å². The van der Waals surface area contributed by atoms with Crippen molar-refractivity contribution in [3.8, 4) is 11.4 Å². The highest BCUT2D eigenvalue weighted by atomic mass is 35.5. The first-order chi connectivity index (χ1) is 13.0. The lowest BCUT2D eigenvalue weighted by Gasteiger charge is -2.14. The second-order valence-corrected chi connectivity index (χ2v) is 8.26. The van der Waals surface area contributed by atoms with Gasteiger partial charge in [0.25, 0.3) is 0 Å². The number of hydrogen-bond acceptors (Lipinski definition) is 5. The molecule has 0 unspecified atom stereocenters. The van der Waals surface area contributed by atoms with Crippen molar-refractivity contribution in [2.24, 2.45) is 7.05 Å². The molecule has 1 fully saturated rings. The van der Waals surface area contributed by atoms with E-state index in [0.717, 1.165) is 31.2 Å². The average Bonchev–Trinajstić information content (AvgIpc) is 3.26.